The molecule has 2 heteroatoms. The maximum atomic E-state index is 8.91. The third-order valence-corrected chi connectivity index (χ3v) is 4.16. The van der Waals surface area contributed by atoms with E-state index in [9.17, 15) is 0 Å². The zero-order valence-electron chi connectivity index (χ0n) is 12.3. The van der Waals surface area contributed by atoms with Crippen LogP contribution in [0.3, 0.4) is 0 Å². The van der Waals surface area contributed by atoms with Gasteiger partial charge in [-0.25, -0.2) is 0 Å². The van der Waals surface area contributed by atoms with Crippen molar-refractivity contribution < 1.29 is 0 Å². The number of nitriles is 1. The lowest BCUT2D eigenvalue weighted by Gasteiger charge is -2.21. The van der Waals surface area contributed by atoms with E-state index >= 15 is 0 Å². The summed E-state index contributed by atoms with van der Waals surface area (Å²) in [6, 6.07) is 2.37. The quantitative estimate of drug-likeness (QED) is 0.653. The van der Waals surface area contributed by atoms with Gasteiger partial charge in [0.25, 0.3) is 0 Å². The van der Waals surface area contributed by atoms with Crippen LogP contribution < -0.4 is 5.32 Å². The van der Waals surface area contributed by atoms with Crippen LogP contribution in [-0.2, 0) is 0 Å². The predicted octanol–water partition coefficient (Wildman–Crippen LogP) is 4.27. The van der Waals surface area contributed by atoms with E-state index in [1.807, 2.05) is 13.8 Å². The highest BCUT2D eigenvalue weighted by Gasteiger charge is 2.15. The Balaban J connectivity index is 1.88. The van der Waals surface area contributed by atoms with Gasteiger partial charge in [0, 0.05) is 0 Å². The van der Waals surface area contributed by atoms with Gasteiger partial charge in [-0.2, -0.15) is 5.26 Å². The van der Waals surface area contributed by atoms with Gasteiger partial charge in [0.2, 0.25) is 0 Å². The van der Waals surface area contributed by atoms with Gasteiger partial charge < -0.3 is 5.32 Å². The predicted molar refractivity (Wildman–Crippen MR) is 77.3 cm³/mol. The highest BCUT2D eigenvalue weighted by atomic mass is 14.8. The number of nitrogens with zero attached hydrogens (tertiary/aromatic N) is 1. The SMILES string of the molecule is CC(C)(C#N)CCCCNCCC1CCCCC1. The standard InChI is InChI=1S/C16H30N2/c1-16(2,14-17)11-6-7-12-18-13-10-15-8-4-3-5-9-15/h15,18H,3-13H2,1-2H3. The Labute approximate surface area is 113 Å². The van der Waals surface area contributed by atoms with Crippen molar-refractivity contribution in [3.63, 3.8) is 0 Å². The van der Waals surface area contributed by atoms with Gasteiger partial charge in [0.1, 0.15) is 0 Å². The van der Waals surface area contributed by atoms with E-state index in [4.69, 9.17) is 5.26 Å². The second-order valence-corrected chi connectivity index (χ2v) is 6.50. The monoisotopic (exact) mass is 250 g/mol. The summed E-state index contributed by atoms with van der Waals surface area (Å²) in [5.41, 5.74) is -0.137. The molecule has 1 saturated carbocycles. The molecule has 0 heterocycles. The molecule has 0 amide bonds. The van der Waals surface area contributed by atoms with Gasteiger partial charge in [-0.1, -0.05) is 38.5 Å². The molecule has 0 saturated heterocycles. The maximum absolute atomic E-state index is 8.91. The third kappa shape index (κ3) is 7.01. The Morgan fingerprint density at radius 1 is 1.11 bits per heavy atom. The topological polar surface area (TPSA) is 35.8 Å². The zero-order valence-corrected chi connectivity index (χ0v) is 12.3. The summed E-state index contributed by atoms with van der Waals surface area (Å²) < 4.78 is 0. The molecule has 0 bridgehead atoms. The van der Waals surface area contributed by atoms with E-state index in [1.54, 1.807) is 0 Å². The second kappa shape index (κ2) is 8.53. The van der Waals surface area contributed by atoms with Gasteiger partial charge in [-0.05, 0) is 52.1 Å². The van der Waals surface area contributed by atoms with Crippen LogP contribution in [0.1, 0.15) is 71.6 Å². The molecule has 0 atom stereocenters. The minimum absolute atomic E-state index is 0.137. The molecule has 0 radical (unpaired) electrons. The molecule has 1 fully saturated rings. The summed E-state index contributed by atoms with van der Waals surface area (Å²) in [5.74, 6) is 0.990. The van der Waals surface area contributed by atoms with Crippen LogP contribution in [0.4, 0.5) is 0 Å². The summed E-state index contributed by atoms with van der Waals surface area (Å²) in [7, 11) is 0. The third-order valence-electron chi connectivity index (χ3n) is 4.16. The van der Waals surface area contributed by atoms with Crippen LogP contribution in [0.25, 0.3) is 0 Å². The summed E-state index contributed by atoms with van der Waals surface area (Å²) in [5, 5.41) is 12.5. The summed E-state index contributed by atoms with van der Waals surface area (Å²) in [6.07, 6.45) is 12.0. The molecule has 0 aromatic rings. The first-order valence-corrected chi connectivity index (χ1v) is 7.76. The lowest BCUT2D eigenvalue weighted by Crippen LogP contribution is -2.20. The Kier molecular flexibility index (Phi) is 7.35. The fourth-order valence-corrected chi connectivity index (χ4v) is 2.78. The molecule has 0 aliphatic heterocycles. The first-order chi connectivity index (χ1) is 8.64. The van der Waals surface area contributed by atoms with Crippen LogP contribution in [0, 0.1) is 22.7 Å². The highest BCUT2D eigenvalue weighted by molar-refractivity contribution is 4.91. The van der Waals surface area contributed by atoms with Gasteiger partial charge in [-0.15, -0.1) is 0 Å². The fourth-order valence-electron chi connectivity index (χ4n) is 2.78. The molecule has 1 aliphatic carbocycles. The van der Waals surface area contributed by atoms with Crippen LogP contribution in [-0.4, -0.2) is 13.1 Å². The van der Waals surface area contributed by atoms with Gasteiger partial charge >= 0.3 is 0 Å². The number of hydrogen-bond donors (Lipinski definition) is 1. The Morgan fingerprint density at radius 3 is 2.50 bits per heavy atom. The minimum atomic E-state index is -0.137. The first-order valence-electron chi connectivity index (χ1n) is 7.76. The molecule has 0 unspecified atom stereocenters. The minimum Gasteiger partial charge on any atom is -0.317 e. The number of hydrogen-bond acceptors (Lipinski definition) is 2. The lowest BCUT2D eigenvalue weighted by atomic mass is 9.87. The van der Waals surface area contributed by atoms with E-state index < -0.39 is 0 Å². The smallest absolute Gasteiger partial charge is 0.0683 e. The molecule has 1 rings (SSSR count). The van der Waals surface area contributed by atoms with E-state index in [2.05, 4.69) is 11.4 Å². The maximum Gasteiger partial charge on any atom is 0.0683 e. The van der Waals surface area contributed by atoms with Crippen molar-refractivity contribution in [2.24, 2.45) is 11.3 Å². The van der Waals surface area contributed by atoms with Crippen molar-refractivity contribution in [3.8, 4) is 6.07 Å². The normalized spacial score (nSPS) is 17.6. The van der Waals surface area contributed by atoms with Crippen LogP contribution in [0.15, 0.2) is 0 Å². The Morgan fingerprint density at radius 2 is 1.83 bits per heavy atom. The van der Waals surface area contributed by atoms with Gasteiger partial charge in [0.15, 0.2) is 0 Å². The van der Waals surface area contributed by atoms with Crippen LogP contribution in [0.5, 0.6) is 0 Å². The van der Waals surface area contributed by atoms with Crippen molar-refractivity contribution in [2.75, 3.05) is 13.1 Å². The second-order valence-electron chi connectivity index (χ2n) is 6.50. The average molecular weight is 250 g/mol. The molecule has 0 aromatic carbocycles. The van der Waals surface area contributed by atoms with Crippen molar-refractivity contribution >= 4 is 0 Å². The molecule has 1 aliphatic rings. The fraction of sp³-hybridized carbons (Fsp3) is 0.938. The van der Waals surface area contributed by atoms with E-state index in [1.165, 1.54) is 51.5 Å². The Bertz CT molecular complexity index is 246. The van der Waals surface area contributed by atoms with Gasteiger partial charge in [0.05, 0.1) is 11.5 Å². The number of nitrogens with one attached hydrogen (secondary N) is 1. The molecule has 0 aromatic heterocycles. The molecule has 1 N–H and O–H groups in total. The van der Waals surface area contributed by atoms with E-state index in [-0.39, 0.29) is 5.41 Å². The number of rotatable bonds is 8. The number of unbranched alkanes of at least 4 members (excludes halogenated alkanes) is 1. The highest BCUT2D eigenvalue weighted by Crippen LogP contribution is 2.25. The van der Waals surface area contributed by atoms with E-state index in [0.717, 1.165) is 25.3 Å². The van der Waals surface area contributed by atoms with Crippen molar-refractivity contribution in [1.82, 2.24) is 5.32 Å². The van der Waals surface area contributed by atoms with Crippen LogP contribution >= 0.6 is 0 Å². The lowest BCUT2D eigenvalue weighted by molar-refractivity contribution is 0.333. The molecular formula is C16H30N2. The van der Waals surface area contributed by atoms with Crippen molar-refractivity contribution in [1.29, 1.82) is 5.26 Å². The largest absolute Gasteiger partial charge is 0.317 e. The summed E-state index contributed by atoms with van der Waals surface area (Å²) in [6.45, 7) is 6.37. The summed E-state index contributed by atoms with van der Waals surface area (Å²) in [4.78, 5) is 0. The first kappa shape index (κ1) is 15.5. The molecular weight excluding hydrogens is 220 g/mol. The van der Waals surface area contributed by atoms with Crippen molar-refractivity contribution in [2.45, 2.75) is 71.6 Å². The van der Waals surface area contributed by atoms with E-state index in [0.29, 0.717) is 0 Å². The van der Waals surface area contributed by atoms with Crippen molar-refractivity contribution in [3.05, 3.63) is 0 Å². The Hall–Kier alpha value is -0.550. The molecule has 2 nitrogen and oxygen atoms in total. The molecule has 104 valence electrons. The molecule has 18 heavy (non-hydrogen) atoms. The summed E-state index contributed by atoms with van der Waals surface area (Å²) >= 11 is 0. The van der Waals surface area contributed by atoms with Gasteiger partial charge in [-0.3, -0.25) is 0 Å². The molecule has 0 spiro atoms. The average Bonchev–Trinajstić information content (AvgIpc) is 2.39. The van der Waals surface area contributed by atoms with Crippen LogP contribution in [0.2, 0.25) is 0 Å². The zero-order chi connectivity index (χ0) is 13.3.